The maximum Gasteiger partial charge on any atom is 0.249 e. The van der Waals surface area contributed by atoms with E-state index in [2.05, 4.69) is 27.4 Å². The first-order valence-corrected chi connectivity index (χ1v) is 15.5. The highest BCUT2D eigenvalue weighted by Crippen LogP contribution is 2.40. The number of amides is 1. The van der Waals surface area contributed by atoms with Crippen molar-refractivity contribution in [3.8, 4) is 5.75 Å². The summed E-state index contributed by atoms with van der Waals surface area (Å²) in [4.78, 5) is 26.5. The zero-order chi connectivity index (χ0) is 29.1. The molecule has 11 nitrogen and oxygen atoms in total. The van der Waals surface area contributed by atoms with E-state index in [1.165, 1.54) is 12.8 Å². The molecule has 1 amide bonds. The Morgan fingerprint density at radius 3 is 2.50 bits per heavy atom. The van der Waals surface area contributed by atoms with Gasteiger partial charge in [-0.25, -0.2) is 4.98 Å². The van der Waals surface area contributed by atoms with E-state index in [0.29, 0.717) is 57.7 Å². The van der Waals surface area contributed by atoms with Gasteiger partial charge in [-0.1, -0.05) is 25.8 Å². The van der Waals surface area contributed by atoms with E-state index in [1.54, 1.807) is 11.1 Å². The first kappa shape index (κ1) is 30.5. The van der Waals surface area contributed by atoms with Gasteiger partial charge in [0.1, 0.15) is 24.1 Å². The van der Waals surface area contributed by atoms with Crippen molar-refractivity contribution < 1.29 is 23.7 Å². The zero-order valence-corrected chi connectivity index (χ0v) is 25.1. The Kier molecular flexibility index (Phi) is 11.2. The summed E-state index contributed by atoms with van der Waals surface area (Å²) in [5, 5.41) is 6.67. The summed E-state index contributed by atoms with van der Waals surface area (Å²) in [5.74, 6) is 2.17. The molecule has 0 spiro atoms. The predicted octanol–water partition coefficient (Wildman–Crippen LogP) is 3.90. The molecule has 5 rings (SSSR count). The molecule has 230 valence electrons. The number of fused-ring (bicyclic) bond motifs is 1. The van der Waals surface area contributed by atoms with Crippen LogP contribution in [0.2, 0.25) is 0 Å². The van der Waals surface area contributed by atoms with Crippen molar-refractivity contribution in [2.45, 2.75) is 70.1 Å². The Labute approximate surface area is 249 Å². The number of carbonyl (C=O) groups excluding carboxylic acids is 1. The van der Waals surface area contributed by atoms with Crippen molar-refractivity contribution in [1.29, 1.82) is 0 Å². The second kappa shape index (κ2) is 15.5. The summed E-state index contributed by atoms with van der Waals surface area (Å²) in [7, 11) is 1.82. The first-order valence-electron chi connectivity index (χ1n) is 15.5. The molecule has 1 aromatic carbocycles. The van der Waals surface area contributed by atoms with Gasteiger partial charge < -0.3 is 39.4 Å². The van der Waals surface area contributed by atoms with Gasteiger partial charge in [0.15, 0.2) is 5.82 Å². The molecular weight excluding hydrogens is 536 g/mol. The third-order valence-corrected chi connectivity index (χ3v) is 8.24. The van der Waals surface area contributed by atoms with Crippen molar-refractivity contribution >= 4 is 29.0 Å². The highest BCUT2D eigenvalue weighted by Gasteiger charge is 2.41. The molecule has 2 fully saturated rings. The van der Waals surface area contributed by atoms with Gasteiger partial charge in [-0.15, -0.1) is 0 Å². The lowest BCUT2D eigenvalue weighted by Crippen LogP contribution is -2.55. The molecule has 0 radical (unpaired) electrons. The molecule has 1 aliphatic carbocycles. The van der Waals surface area contributed by atoms with Crippen LogP contribution < -0.4 is 25.2 Å². The Hall–Kier alpha value is -2.99. The number of hydrogen-bond donors (Lipinski definition) is 2. The summed E-state index contributed by atoms with van der Waals surface area (Å²) >= 11 is 0. The van der Waals surface area contributed by atoms with Gasteiger partial charge in [0.25, 0.3) is 0 Å². The molecule has 2 aromatic rings. The van der Waals surface area contributed by atoms with Gasteiger partial charge in [-0.05, 0) is 57.3 Å². The van der Waals surface area contributed by atoms with Crippen LogP contribution in [-0.4, -0.2) is 93.8 Å². The Balaban J connectivity index is 1.07. The maximum atomic E-state index is 13.1. The van der Waals surface area contributed by atoms with E-state index in [9.17, 15) is 4.79 Å². The molecule has 11 heteroatoms. The molecule has 1 atom stereocenters. The molecule has 2 N–H and O–H groups in total. The highest BCUT2D eigenvalue weighted by atomic mass is 16.6. The number of nitrogens with zero attached hydrogens (tertiary/aromatic N) is 4. The minimum absolute atomic E-state index is 0.111. The van der Waals surface area contributed by atoms with Crippen LogP contribution in [0.15, 0.2) is 30.5 Å². The lowest BCUT2D eigenvalue weighted by molar-refractivity contribution is -0.120. The monoisotopic (exact) mass is 582 g/mol. The van der Waals surface area contributed by atoms with E-state index in [1.807, 2.05) is 31.3 Å². The highest BCUT2D eigenvalue weighted by molar-refractivity contribution is 6.04. The third kappa shape index (κ3) is 7.89. The Morgan fingerprint density at radius 1 is 1.00 bits per heavy atom. The molecule has 0 bridgehead atoms. The van der Waals surface area contributed by atoms with Crippen LogP contribution in [-0.2, 0) is 19.0 Å². The van der Waals surface area contributed by atoms with Crippen LogP contribution in [0.1, 0.15) is 51.9 Å². The topological polar surface area (TPSA) is 110 Å². The van der Waals surface area contributed by atoms with Crippen LogP contribution in [0.4, 0.5) is 23.1 Å². The minimum atomic E-state index is -0.197. The SMILES string of the molecule is CC[C@@H]1C(=O)N(C)c2cnc(Nc3cccc(OCCOCCOCCOC4CCNCC4)c3)nc2N1C1CCCC1. The number of ether oxygens (including phenoxy) is 4. The zero-order valence-electron chi connectivity index (χ0n) is 25.1. The number of anilines is 4. The minimum Gasteiger partial charge on any atom is -0.491 e. The molecule has 1 aromatic heterocycles. The summed E-state index contributed by atoms with van der Waals surface area (Å²) in [6, 6.07) is 7.86. The molecule has 42 heavy (non-hydrogen) atoms. The van der Waals surface area contributed by atoms with E-state index >= 15 is 0 Å². The van der Waals surface area contributed by atoms with Gasteiger partial charge in [0, 0.05) is 24.8 Å². The predicted molar refractivity (Wildman–Crippen MR) is 163 cm³/mol. The number of benzene rings is 1. The van der Waals surface area contributed by atoms with Gasteiger partial charge in [0.05, 0.1) is 45.3 Å². The Bertz CT molecular complexity index is 1140. The van der Waals surface area contributed by atoms with Crippen LogP contribution in [0.25, 0.3) is 0 Å². The fourth-order valence-electron chi connectivity index (χ4n) is 6.01. The molecule has 1 saturated carbocycles. The van der Waals surface area contributed by atoms with Crippen molar-refractivity contribution in [2.24, 2.45) is 0 Å². The van der Waals surface area contributed by atoms with Gasteiger partial charge >= 0.3 is 0 Å². The van der Waals surface area contributed by atoms with E-state index in [-0.39, 0.29) is 11.9 Å². The molecule has 1 saturated heterocycles. The number of nitrogens with one attached hydrogen (secondary N) is 2. The molecule has 3 aliphatic rings. The second-order valence-electron chi connectivity index (χ2n) is 11.1. The third-order valence-electron chi connectivity index (χ3n) is 8.24. The van der Waals surface area contributed by atoms with E-state index in [4.69, 9.17) is 23.9 Å². The number of hydrogen-bond acceptors (Lipinski definition) is 10. The Morgan fingerprint density at radius 2 is 1.74 bits per heavy atom. The fraction of sp³-hybridized carbons (Fsp3) is 0.645. The average Bonchev–Trinajstić information content (AvgIpc) is 3.55. The standard InChI is InChI=1S/C31H46N6O5/c1-3-27-30(38)36(2)28-22-33-31(35-29(28)37(27)24-8-4-5-9-24)34-23-7-6-10-26(21-23)42-20-18-40-16-15-39-17-19-41-25-11-13-32-14-12-25/h6-7,10,21-22,24-25,27,32H,3-5,8-9,11-20H2,1-2H3,(H,33,34,35)/t27-/m1/s1. The van der Waals surface area contributed by atoms with Crippen molar-refractivity contribution in [3.63, 3.8) is 0 Å². The summed E-state index contributed by atoms with van der Waals surface area (Å²) < 4.78 is 23.0. The first-order chi connectivity index (χ1) is 20.6. The number of aromatic nitrogens is 2. The van der Waals surface area contributed by atoms with Gasteiger partial charge in [0.2, 0.25) is 11.9 Å². The van der Waals surface area contributed by atoms with Crippen LogP contribution >= 0.6 is 0 Å². The van der Waals surface area contributed by atoms with Crippen molar-refractivity contribution in [3.05, 3.63) is 30.5 Å². The fourth-order valence-corrected chi connectivity index (χ4v) is 6.01. The largest absolute Gasteiger partial charge is 0.491 e. The van der Waals surface area contributed by atoms with Gasteiger partial charge in [-0.2, -0.15) is 4.98 Å². The average molecular weight is 583 g/mol. The van der Waals surface area contributed by atoms with Crippen LogP contribution in [0.5, 0.6) is 5.75 Å². The van der Waals surface area contributed by atoms with E-state index < -0.39 is 0 Å². The lowest BCUT2D eigenvalue weighted by Gasteiger charge is -2.43. The summed E-state index contributed by atoms with van der Waals surface area (Å²) in [6.07, 6.45) is 9.55. The van der Waals surface area contributed by atoms with Crippen molar-refractivity contribution in [2.75, 3.05) is 74.9 Å². The number of likely N-dealkylation sites (N-methyl/N-ethyl adjacent to an activating group) is 1. The number of carbonyl (C=O) groups is 1. The normalized spacial score (nSPS) is 19.8. The summed E-state index contributed by atoms with van der Waals surface area (Å²) in [5.41, 5.74) is 1.59. The molecule has 3 heterocycles. The van der Waals surface area contributed by atoms with Crippen molar-refractivity contribution in [1.82, 2.24) is 15.3 Å². The van der Waals surface area contributed by atoms with Gasteiger partial charge in [-0.3, -0.25) is 4.79 Å². The van der Waals surface area contributed by atoms with Crippen LogP contribution in [0, 0.1) is 0 Å². The lowest BCUT2D eigenvalue weighted by atomic mass is 10.0. The maximum absolute atomic E-state index is 13.1. The number of rotatable bonds is 15. The molecule has 2 aliphatic heterocycles. The number of piperidine rings is 1. The van der Waals surface area contributed by atoms with Crippen LogP contribution in [0.3, 0.4) is 0 Å². The molecule has 0 unspecified atom stereocenters. The quantitative estimate of drug-likeness (QED) is 0.300. The molecular formula is C31H46N6O5. The summed E-state index contributed by atoms with van der Waals surface area (Å²) in [6.45, 7) is 7.32. The smallest absolute Gasteiger partial charge is 0.249 e. The van der Waals surface area contributed by atoms with E-state index in [0.717, 1.165) is 68.1 Å². The second-order valence-corrected chi connectivity index (χ2v) is 11.1.